The Morgan fingerprint density at radius 2 is 1.94 bits per heavy atom. The van der Waals surface area contributed by atoms with Crippen molar-refractivity contribution in [3.05, 3.63) is 76.8 Å². The molecule has 0 radical (unpaired) electrons. The number of hydrogen-bond acceptors (Lipinski definition) is 5. The molecule has 0 aromatic heterocycles. The van der Waals surface area contributed by atoms with Crippen molar-refractivity contribution >= 4 is 28.7 Å². The summed E-state index contributed by atoms with van der Waals surface area (Å²) in [5.41, 5.74) is 3.31. The molecule has 7 nitrogen and oxygen atoms in total. The fourth-order valence-electron chi connectivity index (χ4n) is 3.88. The van der Waals surface area contributed by atoms with Crippen molar-refractivity contribution < 1.29 is 28.9 Å². The Balaban J connectivity index is 1.62. The van der Waals surface area contributed by atoms with Crippen LogP contribution in [0.25, 0.3) is 11.1 Å². The predicted octanol–water partition coefficient (Wildman–Crippen LogP) is 2.92. The van der Waals surface area contributed by atoms with E-state index < -0.39 is 30.0 Å². The first-order valence-corrected chi connectivity index (χ1v) is 10.1. The molecule has 166 valence electrons. The minimum Gasteiger partial charge on any atom is -0.482 e. The third-order valence-electron chi connectivity index (χ3n) is 5.56. The molecular weight excluding hydrogens is 415 g/mol. The Morgan fingerprint density at radius 1 is 1.22 bits per heavy atom. The zero-order valence-electron chi connectivity index (χ0n) is 17.6. The Morgan fingerprint density at radius 3 is 2.59 bits per heavy atom. The van der Waals surface area contributed by atoms with Gasteiger partial charge < -0.3 is 20.3 Å². The van der Waals surface area contributed by atoms with Crippen molar-refractivity contribution in [2.45, 2.75) is 32.0 Å². The van der Waals surface area contributed by atoms with E-state index in [2.05, 4.69) is 10.6 Å². The lowest BCUT2D eigenvalue weighted by Crippen LogP contribution is -2.39. The van der Waals surface area contributed by atoms with Crippen LogP contribution in [0.2, 0.25) is 0 Å². The molecule has 0 unspecified atom stereocenters. The van der Waals surface area contributed by atoms with Gasteiger partial charge in [0.15, 0.2) is 0 Å². The van der Waals surface area contributed by atoms with E-state index in [0.29, 0.717) is 29.1 Å². The lowest BCUT2D eigenvalue weighted by molar-refractivity contribution is -0.140. The number of carboxylic acid groups (broad SMARTS) is 1. The summed E-state index contributed by atoms with van der Waals surface area (Å²) in [5.74, 6) is -1.46. The van der Waals surface area contributed by atoms with Crippen LogP contribution in [0.5, 0.6) is 0 Å². The maximum absolute atomic E-state index is 13.5. The molecule has 0 bridgehead atoms. The van der Waals surface area contributed by atoms with Gasteiger partial charge in [0.25, 0.3) is 5.91 Å². The molecule has 2 aromatic rings. The summed E-state index contributed by atoms with van der Waals surface area (Å²) in [7, 11) is 0. The van der Waals surface area contributed by atoms with E-state index in [1.807, 2.05) is 44.2 Å². The van der Waals surface area contributed by atoms with Crippen molar-refractivity contribution in [1.29, 1.82) is 0 Å². The average Bonchev–Trinajstić information content (AvgIpc) is 3.22. The molecule has 2 heterocycles. The minimum absolute atomic E-state index is 0.291. The first-order chi connectivity index (χ1) is 15.2. The molecule has 2 aliphatic heterocycles. The summed E-state index contributed by atoms with van der Waals surface area (Å²) in [6.07, 6.45) is 1.83. The fraction of sp³-hybridized carbons (Fsp3) is 0.250. The molecule has 2 aromatic carbocycles. The number of ether oxygens (including phenoxy) is 1. The van der Waals surface area contributed by atoms with Gasteiger partial charge in [0.2, 0.25) is 0 Å². The second-order valence-corrected chi connectivity index (χ2v) is 8.20. The fourth-order valence-corrected chi connectivity index (χ4v) is 3.88. The van der Waals surface area contributed by atoms with Gasteiger partial charge in [0.05, 0.1) is 17.9 Å². The van der Waals surface area contributed by atoms with Crippen molar-refractivity contribution in [3.8, 4) is 0 Å². The first kappa shape index (κ1) is 21.7. The molecule has 32 heavy (non-hydrogen) atoms. The van der Waals surface area contributed by atoms with Crippen LogP contribution >= 0.6 is 0 Å². The molecular formula is C24H23FN2O5. The van der Waals surface area contributed by atoms with Crippen LogP contribution in [0.15, 0.2) is 54.3 Å². The molecule has 4 rings (SSSR count). The maximum atomic E-state index is 13.5. The van der Waals surface area contributed by atoms with Crippen molar-refractivity contribution in [2.24, 2.45) is 0 Å². The Hall–Kier alpha value is -3.49. The first-order valence-electron chi connectivity index (χ1n) is 10.1. The maximum Gasteiger partial charge on any atom is 0.323 e. The number of hydrogen-bond donors (Lipinski definition) is 4. The van der Waals surface area contributed by atoms with Crippen LogP contribution in [0, 0.1) is 5.82 Å². The van der Waals surface area contributed by atoms with Gasteiger partial charge in [-0.25, -0.2) is 4.39 Å². The van der Waals surface area contributed by atoms with Gasteiger partial charge in [-0.15, -0.1) is 0 Å². The van der Waals surface area contributed by atoms with E-state index >= 15 is 0 Å². The number of amides is 1. The molecule has 2 aliphatic rings. The number of carbonyl (C=O) groups excluding carboxylic acids is 1. The van der Waals surface area contributed by atoms with Crippen LogP contribution < -0.4 is 10.6 Å². The summed E-state index contributed by atoms with van der Waals surface area (Å²) < 4.78 is 19.7. The smallest absolute Gasteiger partial charge is 0.323 e. The molecule has 4 N–H and O–H groups in total. The number of aliphatic carboxylic acids is 1. The number of rotatable bonds is 6. The average molecular weight is 438 g/mol. The molecule has 1 amide bonds. The second-order valence-electron chi connectivity index (χ2n) is 8.20. The summed E-state index contributed by atoms with van der Waals surface area (Å²) >= 11 is 0. The number of halogens is 1. The van der Waals surface area contributed by atoms with E-state index in [-0.39, 0.29) is 5.91 Å². The summed E-state index contributed by atoms with van der Waals surface area (Å²) in [6, 6.07) is 10.6. The summed E-state index contributed by atoms with van der Waals surface area (Å²) in [4.78, 5) is 23.6. The Labute approximate surface area is 184 Å². The standard InChI is InChI=1S/C24H23FN2O5/c1-24(2)17(14-5-3-13(4-6-14)11-26-19(12-28)23(30)31)10-20(32-24)21-16-8-7-15(25)9-18(16)27-22(21)29/h3-10,19,26,28H,11-12H2,1-2H3,(H,27,29)(H,30,31)/b21-20+/t19-/m0/s1. The largest absolute Gasteiger partial charge is 0.482 e. The zero-order valence-corrected chi connectivity index (χ0v) is 17.6. The lowest BCUT2D eigenvalue weighted by Gasteiger charge is -2.23. The van der Waals surface area contributed by atoms with Crippen LogP contribution in [0.4, 0.5) is 10.1 Å². The van der Waals surface area contributed by atoms with Crippen molar-refractivity contribution in [2.75, 3.05) is 11.9 Å². The van der Waals surface area contributed by atoms with Gasteiger partial charge >= 0.3 is 5.97 Å². The number of fused-ring (bicyclic) bond motifs is 1. The number of carboxylic acids is 1. The van der Waals surface area contributed by atoms with Gasteiger partial charge in [-0.3, -0.25) is 14.9 Å². The zero-order chi connectivity index (χ0) is 23.0. The summed E-state index contributed by atoms with van der Waals surface area (Å²) in [6.45, 7) is 3.60. The highest BCUT2D eigenvalue weighted by molar-refractivity contribution is 6.32. The predicted molar refractivity (Wildman–Crippen MR) is 117 cm³/mol. The number of aliphatic hydroxyl groups excluding tert-OH is 1. The quantitative estimate of drug-likeness (QED) is 0.517. The van der Waals surface area contributed by atoms with E-state index in [1.165, 1.54) is 12.1 Å². The number of anilines is 1. The van der Waals surface area contributed by atoms with Gasteiger partial charge in [0.1, 0.15) is 23.2 Å². The number of allylic oxidation sites excluding steroid dienone is 1. The van der Waals surface area contributed by atoms with Gasteiger partial charge in [-0.05, 0) is 49.2 Å². The second kappa shape index (κ2) is 8.22. The third kappa shape index (κ3) is 4.02. The van der Waals surface area contributed by atoms with E-state index in [1.54, 1.807) is 6.07 Å². The number of benzene rings is 2. The Bertz CT molecular complexity index is 1150. The third-order valence-corrected chi connectivity index (χ3v) is 5.56. The molecule has 0 aliphatic carbocycles. The van der Waals surface area contributed by atoms with Crippen LogP contribution in [0.3, 0.4) is 0 Å². The van der Waals surface area contributed by atoms with Crippen LogP contribution in [0.1, 0.15) is 30.5 Å². The normalized spacial score (nSPS) is 19.8. The summed E-state index contributed by atoms with van der Waals surface area (Å²) in [5, 5.41) is 23.6. The topological polar surface area (TPSA) is 108 Å². The highest BCUT2D eigenvalue weighted by Crippen LogP contribution is 2.44. The number of carbonyl (C=O) groups is 2. The SMILES string of the molecule is CC1(C)O/C(=C2/C(=O)Nc3cc(F)ccc32)C=C1c1ccc(CN[C@@H](CO)C(=O)O)cc1. The lowest BCUT2D eigenvalue weighted by atomic mass is 9.91. The minimum atomic E-state index is -1.11. The molecule has 1 atom stereocenters. The van der Waals surface area contributed by atoms with Crippen LogP contribution in [-0.4, -0.2) is 40.3 Å². The molecule has 0 saturated heterocycles. The molecule has 8 heteroatoms. The van der Waals surface area contributed by atoms with Crippen molar-refractivity contribution in [1.82, 2.24) is 5.32 Å². The van der Waals surface area contributed by atoms with Gasteiger partial charge in [0, 0.05) is 17.7 Å². The number of aliphatic hydroxyl groups is 1. The highest BCUT2D eigenvalue weighted by Gasteiger charge is 2.38. The van der Waals surface area contributed by atoms with Gasteiger partial charge in [-0.2, -0.15) is 0 Å². The van der Waals surface area contributed by atoms with Gasteiger partial charge in [-0.1, -0.05) is 24.3 Å². The molecule has 0 spiro atoms. The van der Waals surface area contributed by atoms with E-state index in [9.17, 15) is 14.0 Å². The Kier molecular flexibility index (Phi) is 5.58. The molecule has 0 fully saturated rings. The highest BCUT2D eigenvalue weighted by atomic mass is 19.1. The van der Waals surface area contributed by atoms with Crippen LogP contribution in [-0.2, 0) is 20.9 Å². The van der Waals surface area contributed by atoms with E-state index in [0.717, 1.165) is 16.7 Å². The monoisotopic (exact) mass is 438 g/mol. The number of nitrogens with one attached hydrogen (secondary N) is 2. The van der Waals surface area contributed by atoms with Crippen molar-refractivity contribution in [3.63, 3.8) is 0 Å². The van der Waals surface area contributed by atoms with E-state index in [4.69, 9.17) is 14.9 Å². The molecule has 0 saturated carbocycles.